The van der Waals surface area contributed by atoms with Gasteiger partial charge in [0, 0.05) is 18.2 Å². The maximum Gasteiger partial charge on any atom is 0.237 e. The van der Waals surface area contributed by atoms with E-state index in [1.54, 1.807) is 32.4 Å². The molecule has 104 valence electrons. The summed E-state index contributed by atoms with van der Waals surface area (Å²) in [5, 5.41) is 0. The Labute approximate surface area is 121 Å². The van der Waals surface area contributed by atoms with Crippen LogP contribution in [-0.2, 0) is 0 Å². The second kappa shape index (κ2) is 6.16. The first-order valence-corrected chi connectivity index (χ1v) is 6.06. The fraction of sp³-hybridized carbons (Fsp3) is 0.154. The number of aromatic nitrogens is 2. The van der Waals surface area contributed by atoms with E-state index in [2.05, 4.69) is 9.97 Å². The van der Waals surface area contributed by atoms with Gasteiger partial charge in [-0.3, -0.25) is 0 Å². The van der Waals surface area contributed by atoms with Crippen LogP contribution < -0.4 is 19.9 Å². The Kier molecular flexibility index (Phi) is 4.31. The zero-order valence-corrected chi connectivity index (χ0v) is 11.8. The molecule has 0 atom stereocenters. The molecule has 0 radical (unpaired) electrons. The number of benzene rings is 1. The second-order valence-electron chi connectivity index (χ2n) is 3.75. The number of ether oxygens (including phenoxy) is 3. The first-order chi connectivity index (χ1) is 9.62. The van der Waals surface area contributed by atoms with Gasteiger partial charge >= 0.3 is 0 Å². The minimum absolute atomic E-state index is 0.187. The summed E-state index contributed by atoms with van der Waals surface area (Å²) in [7, 11) is 3.13. The van der Waals surface area contributed by atoms with Crippen LogP contribution in [0.4, 0.5) is 0 Å². The third-order valence-corrected chi connectivity index (χ3v) is 2.64. The van der Waals surface area contributed by atoms with Crippen LogP contribution in [0.3, 0.4) is 0 Å². The summed E-state index contributed by atoms with van der Waals surface area (Å²) in [5.41, 5.74) is 5.89. The lowest BCUT2D eigenvalue weighted by Gasteiger charge is -2.09. The molecule has 6 nitrogen and oxygen atoms in total. The molecule has 1 heterocycles. The average molecular weight is 291 g/mol. The van der Waals surface area contributed by atoms with Crippen LogP contribution in [0.2, 0.25) is 0 Å². The topological polar surface area (TPSA) is 79.5 Å². The van der Waals surface area contributed by atoms with Crippen LogP contribution >= 0.6 is 12.2 Å². The Morgan fingerprint density at radius 3 is 2.05 bits per heavy atom. The fourth-order valence-electron chi connectivity index (χ4n) is 1.46. The monoisotopic (exact) mass is 291 g/mol. The fourth-order valence-corrected chi connectivity index (χ4v) is 1.56. The van der Waals surface area contributed by atoms with Gasteiger partial charge in [0.2, 0.25) is 5.88 Å². The first kappa shape index (κ1) is 14.0. The standard InChI is InChI=1S/C13H13N3O3S/c1-17-8-3-9(18-2)5-10(4-8)19-12-7-15-11(6-16-12)13(14)20/h3-7H,1-2H3,(H2,14,20). The summed E-state index contributed by atoms with van der Waals surface area (Å²) in [5.74, 6) is 2.08. The Morgan fingerprint density at radius 1 is 1.00 bits per heavy atom. The van der Waals surface area contributed by atoms with Crippen molar-refractivity contribution in [2.75, 3.05) is 14.2 Å². The highest BCUT2D eigenvalue weighted by atomic mass is 32.1. The van der Waals surface area contributed by atoms with E-state index in [4.69, 9.17) is 32.2 Å². The number of nitrogens with two attached hydrogens (primary N) is 1. The average Bonchev–Trinajstić information content (AvgIpc) is 2.47. The summed E-state index contributed by atoms with van der Waals surface area (Å²) in [6.45, 7) is 0. The van der Waals surface area contributed by atoms with Gasteiger partial charge in [-0.05, 0) is 0 Å². The molecule has 20 heavy (non-hydrogen) atoms. The van der Waals surface area contributed by atoms with Crippen molar-refractivity contribution in [3.05, 3.63) is 36.3 Å². The smallest absolute Gasteiger partial charge is 0.237 e. The zero-order chi connectivity index (χ0) is 14.5. The Bertz CT molecular complexity index is 595. The Morgan fingerprint density at radius 2 is 1.60 bits per heavy atom. The molecular formula is C13H13N3O3S. The van der Waals surface area contributed by atoms with E-state index in [-0.39, 0.29) is 4.99 Å². The van der Waals surface area contributed by atoms with E-state index >= 15 is 0 Å². The third-order valence-electron chi connectivity index (χ3n) is 2.43. The number of hydrogen-bond donors (Lipinski definition) is 1. The highest BCUT2D eigenvalue weighted by Gasteiger charge is 2.06. The third kappa shape index (κ3) is 3.33. The summed E-state index contributed by atoms with van der Waals surface area (Å²) >= 11 is 4.80. The molecule has 0 bridgehead atoms. The quantitative estimate of drug-likeness (QED) is 0.843. The molecule has 2 rings (SSSR count). The SMILES string of the molecule is COc1cc(OC)cc(Oc2cnc(C(N)=S)cn2)c1. The van der Waals surface area contributed by atoms with Gasteiger partial charge in [-0.25, -0.2) is 9.97 Å². The molecule has 0 unspecified atom stereocenters. The van der Waals surface area contributed by atoms with E-state index in [0.29, 0.717) is 28.8 Å². The molecule has 0 aliphatic rings. The minimum atomic E-state index is 0.187. The minimum Gasteiger partial charge on any atom is -0.496 e. The molecule has 2 aromatic rings. The van der Waals surface area contributed by atoms with Gasteiger partial charge in [-0.2, -0.15) is 0 Å². The predicted octanol–water partition coefficient (Wildman–Crippen LogP) is 1.92. The normalized spacial score (nSPS) is 9.90. The summed E-state index contributed by atoms with van der Waals surface area (Å²) in [6, 6.07) is 5.17. The maximum atomic E-state index is 5.58. The van der Waals surface area contributed by atoms with Crippen LogP contribution in [0.25, 0.3) is 0 Å². The Hall–Kier alpha value is -2.41. The first-order valence-electron chi connectivity index (χ1n) is 5.65. The molecule has 1 aromatic heterocycles. The molecule has 2 N–H and O–H groups in total. The second-order valence-corrected chi connectivity index (χ2v) is 4.19. The highest BCUT2D eigenvalue weighted by Crippen LogP contribution is 2.29. The van der Waals surface area contributed by atoms with E-state index in [0.717, 1.165) is 0 Å². The molecule has 0 aliphatic heterocycles. The molecule has 1 aromatic carbocycles. The van der Waals surface area contributed by atoms with E-state index < -0.39 is 0 Å². The maximum absolute atomic E-state index is 5.58. The lowest BCUT2D eigenvalue weighted by atomic mass is 10.3. The summed E-state index contributed by atoms with van der Waals surface area (Å²) in [6.07, 6.45) is 2.90. The molecule has 0 aliphatic carbocycles. The number of thiocarbonyl (C=S) groups is 1. The lowest BCUT2D eigenvalue weighted by molar-refractivity contribution is 0.384. The van der Waals surface area contributed by atoms with Gasteiger partial charge in [-0.1, -0.05) is 12.2 Å². The summed E-state index contributed by atoms with van der Waals surface area (Å²) < 4.78 is 15.9. The van der Waals surface area contributed by atoms with Crippen molar-refractivity contribution in [1.29, 1.82) is 0 Å². The van der Waals surface area contributed by atoms with Crippen molar-refractivity contribution < 1.29 is 14.2 Å². The highest BCUT2D eigenvalue weighted by molar-refractivity contribution is 7.80. The largest absolute Gasteiger partial charge is 0.496 e. The van der Waals surface area contributed by atoms with Gasteiger partial charge in [0.1, 0.15) is 27.9 Å². The van der Waals surface area contributed by atoms with Crippen LogP contribution in [0, 0.1) is 0 Å². The molecular weight excluding hydrogens is 278 g/mol. The van der Waals surface area contributed by atoms with Crippen molar-refractivity contribution in [2.45, 2.75) is 0 Å². The van der Waals surface area contributed by atoms with Crippen molar-refractivity contribution in [3.63, 3.8) is 0 Å². The zero-order valence-electron chi connectivity index (χ0n) is 11.0. The Balaban J connectivity index is 2.22. The van der Waals surface area contributed by atoms with E-state index in [1.807, 2.05) is 0 Å². The summed E-state index contributed by atoms with van der Waals surface area (Å²) in [4.78, 5) is 8.30. The molecule has 0 fully saturated rings. The van der Waals surface area contributed by atoms with Crippen molar-refractivity contribution in [3.8, 4) is 23.1 Å². The molecule has 0 saturated carbocycles. The lowest BCUT2D eigenvalue weighted by Crippen LogP contribution is -2.11. The molecule has 0 saturated heterocycles. The number of nitrogens with zero attached hydrogens (tertiary/aromatic N) is 2. The van der Waals surface area contributed by atoms with Gasteiger partial charge < -0.3 is 19.9 Å². The van der Waals surface area contributed by atoms with Gasteiger partial charge in [0.25, 0.3) is 0 Å². The van der Waals surface area contributed by atoms with E-state index in [9.17, 15) is 0 Å². The molecule has 0 spiro atoms. The van der Waals surface area contributed by atoms with Crippen molar-refractivity contribution >= 4 is 17.2 Å². The number of hydrogen-bond acceptors (Lipinski definition) is 6. The molecule has 7 heteroatoms. The van der Waals surface area contributed by atoms with Crippen LogP contribution in [0.1, 0.15) is 5.69 Å². The van der Waals surface area contributed by atoms with Crippen LogP contribution in [0.15, 0.2) is 30.6 Å². The van der Waals surface area contributed by atoms with Crippen molar-refractivity contribution in [2.24, 2.45) is 5.73 Å². The van der Waals surface area contributed by atoms with E-state index in [1.165, 1.54) is 12.4 Å². The number of methoxy groups -OCH3 is 2. The van der Waals surface area contributed by atoms with Crippen LogP contribution in [-0.4, -0.2) is 29.2 Å². The van der Waals surface area contributed by atoms with Crippen molar-refractivity contribution in [1.82, 2.24) is 9.97 Å². The van der Waals surface area contributed by atoms with Crippen LogP contribution in [0.5, 0.6) is 23.1 Å². The molecule has 0 amide bonds. The predicted molar refractivity (Wildman–Crippen MR) is 77.5 cm³/mol. The van der Waals surface area contributed by atoms with Gasteiger partial charge in [0.15, 0.2) is 0 Å². The number of rotatable bonds is 5. The van der Waals surface area contributed by atoms with Gasteiger partial charge in [0.05, 0.1) is 26.6 Å². The van der Waals surface area contributed by atoms with Gasteiger partial charge in [-0.15, -0.1) is 0 Å².